The Bertz CT molecular complexity index is 478. The molecule has 0 unspecified atom stereocenters. The molecule has 2 N–H and O–H groups in total. The summed E-state index contributed by atoms with van der Waals surface area (Å²) in [4.78, 5) is 0. The van der Waals surface area contributed by atoms with E-state index >= 15 is 0 Å². The number of phenolic OH excluding ortho intramolecular Hbond substituents is 1. The number of hydrogen-bond acceptors (Lipinski definition) is 3. The molecule has 0 amide bonds. The van der Waals surface area contributed by atoms with Crippen molar-refractivity contribution in [3.05, 3.63) is 41.7 Å². The Morgan fingerprint density at radius 3 is 2.81 bits per heavy atom. The number of nitrogens with zero attached hydrogens (tertiary/aromatic N) is 2. The van der Waals surface area contributed by atoms with Crippen molar-refractivity contribution in [3.63, 3.8) is 0 Å². The van der Waals surface area contributed by atoms with Gasteiger partial charge in [-0.25, -0.2) is 4.68 Å². The van der Waals surface area contributed by atoms with Gasteiger partial charge in [-0.2, -0.15) is 5.10 Å². The third-order valence-electron chi connectivity index (χ3n) is 2.85. The Labute approximate surface area is 93.5 Å². The van der Waals surface area contributed by atoms with E-state index in [-0.39, 0.29) is 5.75 Å². The molecule has 1 aliphatic rings. The largest absolute Gasteiger partial charge is 0.508 e. The van der Waals surface area contributed by atoms with E-state index < -0.39 is 0 Å². The molecule has 4 nitrogen and oxygen atoms in total. The minimum Gasteiger partial charge on any atom is -0.508 e. The van der Waals surface area contributed by atoms with Gasteiger partial charge < -0.3 is 10.4 Å². The van der Waals surface area contributed by atoms with Crippen LogP contribution in [-0.2, 0) is 13.0 Å². The Kier molecular flexibility index (Phi) is 2.15. The molecule has 1 aliphatic heterocycles. The molecule has 0 spiro atoms. The Morgan fingerprint density at radius 1 is 1.25 bits per heavy atom. The van der Waals surface area contributed by atoms with Gasteiger partial charge in [0.15, 0.2) is 0 Å². The lowest BCUT2D eigenvalue weighted by Gasteiger charge is -2.09. The fourth-order valence-electron chi connectivity index (χ4n) is 1.97. The van der Waals surface area contributed by atoms with E-state index in [0.29, 0.717) is 0 Å². The number of rotatable bonds is 1. The summed E-state index contributed by atoms with van der Waals surface area (Å²) in [6.45, 7) is 1.90. The maximum absolute atomic E-state index is 9.23. The molecule has 1 aromatic carbocycles. The van der Waals surface area contributed by atoms with Gasteiger partial charge in [0, 0.05) is 31.3 Å². The molecule has 4 heteroatoms. The topological polar surface area (TPSA) is 50.1 Å². The first-order valence-electron chi connectivity index (χ1n) is 5.40. The van der Waals surface area contributed by atoms with Crippen LogP contribution in [0.1, 0.15) is 11.3 Å². The van der Waals surface area contributed by atoms with Crippen LogP contribution in [0.4, 0.5) is 0 Å². The number of aromatic nitrogens is 2. The van der Waals surface area contributed by atoms with Crippen LogP contribution < -0.4 is 5.32 Å². The fraction of sp³-hybridized carbons (Fsp3) is 0.250. The van der Waals surface area contributed by atoms with E-state index in [0.717, 1.165) is 25.2 Å². The quantitative estimate of drug-likeness (QED) is 0.752. The summed E-state index contributed by atoms with van der Waals surface area (Å²) in [5.41, 5.74) is 3.42. The number of benzene rings is 1. The number of hydrogen-bond donors (Lipinski definition) is 2. The summed E-state index contributed by atoms with van der Waals surface area (Å²) < 4.78 is 1.87. The van der Waals surface area contributed by atoms with Gasteiger partial charge in [0.2, 0.25) is 0 Å². The van der Waals surface area contributed by atoms with Crippen LogP contribution in [-0.4, -0.2) is 21.4 Å². The molecule has 0 aliphatic carbocycles. The minimum absolute atomic E-state index is 0.280. The van der Waals surface area contributed by atoms with Crippen molar-refractivity contribution in [2.24, 2.45) is 0 Å². The Balaban J connectivity index is 2.00. The van der Waals surface area contributed by atoms with E-state index in [1.165, 1.54) is 11.3 Å². The molecule has 2 aromatic rings. The van der Waals surface area contributed by atoms with Crippen molar-refractivity contribution < 1.29 is 5.11 Å². The number of aromatic hydroxyl groups is 1. The zero-order valence-corrected chi connectivity index (χ0v) is 8.85. The number of fused-ring (bicyclic) bond motifs is 1. The lowest BCUT2D eigenvalue weighted by molar-refractivity contribution is 0.475. The van der Waals surface area contributed by atoms with Gasteiger partial charge in [-0.1, -0.05) is 0 Å². The second-order valence-electron chi connectivity index (χ2n) is 3.99. The average Bonchev–Trinajstić information content (AvgIpc) is 2.73. The maximum Gasteiger partial charge on any atom is 0.115 e. The van der Waals surface area contributed by atoms with Crippen molar-refractivity contribution in [3.8, 4) is 11.4 Å². The highest BCUT2D eigenvalue weighted by Gasteiger charge is 2.13. The van der Waals surface area contributed by atoms with Crippen LogP contribution in [0, 0.1) is 0 Å². The molecule has 16 heavy (non-hydrogen) atoms. The zero-order chi connectivity index (χ0) is 11.0. The molecule has 0 bridgehead atoms. The predicted octanol–water partition coefficient (Wildman–Crippen LogP) is 1.22. The van der Waals surface area contributed by atoms with E-state index in [9.17, 15) is 5.11 Å². The molecular formula is C12H13N3O. The monoisotopic (exact) mass is 215 g/mol. The number of phenols is 1. The van der Waals surface area contributed by atoms with Gasteiger partial charge in [0.1, 0.15) is 5.75 Å². The molecular weight excluding hydrogens is 202 g/mol. The third kappa shape index (κ3) is 1.57. The van der Waals surface area contributed by atoms with Gasteiger partial charge in [-0.3, -0.25) is 0 Å². The van der Waals surface area contributed by atoms with Crippen molar-refractivity contribution in [2.45, 2.75) is 13.0 Å². The van der Waals surface area contributed by atoms with E-state index in [1.807, 2.05) is 23.0 Å². The van der Waals surface area contributed by atoms with E-state index in [4.69, 9.17) is 0 Å². The standard InChI is InChI=1S/C12H13N3O/c16-11-3-1-10(2-4-11)15-8-9-7-13-6-5-12(9)14-15/h1-4,8,13,16H,5-7H2. The predicted molar refractivity (Wildman–Crippen MR) is 60.6 cm³/mol. The SMILES string of the molecule is Oc1ccc(-n2cc3c(n2)CCNC3)cc1. The van der Waals surface area contributed by atoms with Crippen molar-refractivity contribution in [1.82, 2.24) is 15.1 Å². The third-order valence-corrected chi connectivity index (χ3v) is 2.85. The molecule has 3 rings (SSSR count). The highest BCUT2D eigenvalue weighted by Crippen LogP contribution is 2.17. The molecule has 0 radical (unpaired) electrons. The van der Waals surface area contributed by atoms with Gasteiger partial charge >= 0.3 is 0 Å². The van der Waals surface area contributed by atoms with Crippen LogP contribution in [0.5, 0.6) is 5.75 Å². The zero-order valence-electron chi connectivity index (χ0n) is 8.85. The normalized spacial score (nSPS) is 14.8. The maximum atomic E-state index is 9.23. The van der Waals surface area contributed by atoms with Gasteiger partial charge in [-0.15, -0.1) is 0 Å². The van der Waals surface area contributed by atoms with Gasteiger partial charge in [0.05, 0.1) is 11.4 Å². The fourth-order valence-corrected chi connectivity index (χ4v) is 1.97. The summed E-state index contributed by atoms with van der Waals surface area (Å²) in [6.07, 6.45) is 3.04. The summed E-state index contributed by atoms with van der Waals surface area (Å²) in [7, 11) is 0. The lowest BCUT2D eigenvalue weighted by atomic mass is 10.1. The van der Waals surface area contributed by atoms with E-state index in [1.54, 1.807) is 12.1 Å². The lowest BCUT2D eigenvalue weighted by Crippen LogP contribution is -2.22. The highest BCUT2D eigenvalue weighted by atomic mass is 16.3. The molecule has 0 saturated heterocycles. The van der Waals surface area contributed by atoms with Gasteiger partial charge in [-0.05, 0) is 24.3 Å². The summed E-state index contributed by atoms with van der Waals surface area (Å²) >= 11 is 0. The minimum atomic E-state index is 0.280. The summed E-state index contributed by atoms with van der Waals surface area (Å²) in [5.74, 6) is 0.280. The first kappa shape index (κ1) is 9.42. The molecule has 0 fully saturated rings. The first-order valence-corrected chi connectivity index (χ1v) is 5.40. The Hall–Kier alpha value is -1.81. The molecule has 2 heterocycles. The van der Waals surface area contributed by atoms with Crippen molar-refractivity contribution >= 4 is 0 Å². The second kappa shape index (κ2) is 3.64. The molecule has 1 aromatic heterocycles. The van der Waals surface area contributed by atoms with Gasteiger partial charge in [0.25, 0.3) is 0 Å². The molecule has 82 valence electrons. The van der Waals surface area contributed by atoms with Crippen molar-refractivity contribution in [2.75, 3.05) is 6.54 Å². The average molecular weight is 215 g/mol. The number of nitrogens with one attached hydrogen (secondary N) is 1. The first-order chi connectivity index (χ1) is 7.83. The summed E-state index contributed by atoms with van der Waals surface area (Å²) in [6, 6.07) is 7.07. The van der Waals surface area contributed by atoms with Crippen LogP contribution in [0.2, 0.25) is 0 Å². The van der Waals surface area contributed by atoms with Crippen LogP contribution in [0.15, 0.2) is 30.5 Å². The Morgan fingerprint density at radius 2 is 2.06 bits per heavy atom. The second-order valence-corrected chi connectivity index (χ2v) is 3.99. The van der Waals surface area contributed by atoms with E-state index in [2.05, 4.69) is 10.4 Å². The summed E-state index contributed by atoms with van der Waals surface area (Å²) in [5, 5.41) is 17.1. The van der Waals surface area contributed by atoms with Crippen LogP contribution in [0.3, 0.4) is 0 Å². The molecule has 0 saturated carbocycles. The highest BCUT2D eigenvalue weighted by molar-refractivity contribution is 5.37. The van der Waals surface area contributed by atoms with Crippen molar-refractivity contribution in [1.29, 1.82) is 0 Å². The molecule has 0 atom stereocenters. The smallest absolute Gasteiger partial charge is 0.115 e. The van der Waals surface area contributed by atoms with Crippen LogP contribution >= 0.6 is 0 Å². The van der Waals surface area contributed by atoms with Crippen LogP contribution in [0.25, 0.3) is 5.69 Å².